The Labute approximate surface area is 238 Å². The van der Waals surface area contributed by atoms with Gasteiger partial charge in [0.1, 0.15) is 23.9 Å². The second-order valence-corrected chi connectivity index (χ2v) is 10.0. The van der Waals surface area contributed by atoms with Crippen molar-refractivity contribution in [2.75, 3.05) is 0 Å². The van der Waals surface area contributed by atoms with Crippen molar-refractivity contribution < 1.29 is 34.2 Å². The predicted molar refractivity (Wildman–Crippen MR) is 151 cm³/mol. The maximum Gasteiger partial charge on any atom is 0.326 e. The number of aromatic hydroxyl groups is 1. The molecular formula is C29H39N5O7. The lowest BCUT2D eigenvalue weighted by molar-refractivity contribution is -0.142. The number of rotatable bonds is 16. The number of benzene rings is 2. The monoisotopic (exact) mass is 569 g/mol. The van der Waals surface area contributed by atoms with Gasteiger partial charge in [-0.3, -0.25) is 19.2 Å². The van der Waals surface area contributed by atoms with Crippen molar-refractivity contribution in [3.8, 4) is 5.75 Å². The molecule has 0 aromatic heterocycles. The van der Waals surface area contributed by atoms with Crippen molar-refractivity contribution in [1.82, 2.24) is 16.0 Å². The topological polar surface area (TPSA) is 214 Å². The largest absolute Gasteiger partial charge is 0.508 e. The molecule has 2 aromatic carbocycles. The molecule has 5 atom stereocenters. The molecule has 12 nitrogen and oxygen atoms in total. The van der Waals surface area contributed by atoms with E-state index in [2.05, 4.69) is 16.0 Å². The van der Waals surface area contributed by atoms with Crippen LogP contribution in [-0.4, -0.2) is 64.0 Å². The van der Waals surface area contributed by atoms with Crippen LogP contribution >= 0.6 is 0 Å². The van der Waals surface area contributed by atoms with Crippen LogP contribution in [0.5, 0.6) is 5.75 Å². The molecule has 0 spiro atoms. The van der Waals surface area contributed by atoms with E-state index in [4.69, 9.17) is 11.5 Å². The maximum atomic E-state index is 13.5. The number of aliphatic carboxylic acids is 1. The van der Waals surface area contributed by atoms with Crippen LogP contribution in [0.15, 0.2) is 54.6 Å². The number of hydrogen-bond acceptors (Lipinski definition) is 7. The van der Waals surface area contributed by atoms with E-state index in [1.165, 1.54) is 12.1 Å². The molecular weight excluding hydrogens is 530 g/mol. The molecule has 12 heteroatoms. The first-order valence-electron chi connectivity index (χ1n) is 13.4. The molecule has 0 heterocycles. The summed E-state index contributed by atoms with van der Waals surface area (Å²) in [7, 11) is 0. The van der Waals surface area contributed by atoms with Gasteiger partial charge in [0.15, 0.2) is 0 Å². The summed E-state index contributed by atoms with van der Waals surface area (Å²) in [6.45, 7) is 3.57. The molecule has 9 N–H and O–H groups in total. The highest BCUT2D eigenvalue weighted by Gasteiger charge is 2.32. The van der Waals surface area contributed by atoms with Crippen molar-refractivity contribution in [3.63, 3.8) is 0 Å². The van der Waals surface area contributed by atoms with Gasteiger partial charge in [-0.2, -0.15) is 0 Å². The molecule has 2 aromatic rings. The molecule has 0 bridgehead atoms. The molecule has 0 aliphatic carbocycles. The predicted octanol–water partition coefficient (Wildman–Crippen LogP) is 0.355. The van der Waals surface area contributed by atoms with Crippen LogP contribution in [-0.2, 0) is 36.8 Å². The van der Waals surface area contributed by atoms with E-state index < -0.39 is 53.8 Å². The van der Waals surface area contributed by atoms with Gasteiger partial charge in [0.05, 0.1) is 6.04 Å². The molecule has 4 amide bonds. The van der Waals surface area contributed by atoms with E-state index in [1.54, 1.807) is 49.4 Å². The number of hydrogen-bond donors (Lipinski definition) is 7. The Kier molecular flexibility index (Phi) is 12.8. The second kappa shape index (κ2) is 16.0. The number of carbonyl (C=O) groups excluding carboxylic acids is 4. The van der Waals surface area contributed by atoms with Crippen LogP contribution < -0.4 is 27.4 Å². The summed E-state index contributed by atoms with van der Waals surface area (Å²) < 4.78 is 0. The third-order valence-electron chi connectivity index (χ3n) is 6.74. The number of amides is 4. The van der Waals surface area contributed by atoms with Gasteiger partial charge in [-0.05, 0) is 35.6 Å². The number of nitrogens with one attached hydrogen (secondary N) is 3. The molecule has 5 unspecified atom stereocenters. The first kappa shape index (κ1) is 32.8. The van der Waals surface area contributed by atoms with Crippen LogP contribution in [0, 0.1) is 5.92 Å². The summed E-state index contributed by atoms with van der Waals surface area (Å²) in [5, 5.41) is 27.2. The van der Waals surface area contributed by atoms with Crippen molar-refractivity contribution >= 4 is 29.6 Å². The Morgan fingerprint density at radius 2 is 1.37 bits per heavy atom. The van der Waals surface area contributed by atoms with Gasteiger partial charge in [-0.15, -0.1) is 0 Å². The third-order valence-corrected chi connectivity index (χ3v) is 6.74. The summed E-state index contributed by atoms with van der Waals surface area (Å²) in [6, 6.07) is 10.2. The van der Waals surface area contributed by atoms with Crippen LogP contribution in [0.1, 0.15) is 44.2 Å². The molecule has 0 radical (unpaired) electrons. The number of nitrogens with two attached hydrogens (primary N) is 2. The van der Waals surface area contributed by atoms with Crippen LogP contribution in [0.4, 0.5) is 0 Å². The molecule has 0 saturated heterocycles. The number of phenols is 1. The van der Waals surface area contributed by atoms with E-state index in [0.717, 1.165) is 0 Å². The Morgan fingerprint density at radius 3 is 1.93 bits per heavy atom. The Balaban J connectivity index is 2.27. The first-order valence-corrected chi connectivity index (χ1v) is 13.4. The van der Waals surface area contributed by atoms with E-state index in [1.807, 2.05) is 6.92 Å². The standard InChI is InChI=1S/C29H39N5O7/c1-3-17(2)25(34-26(37)21(30)13-14-24(31)36)28(39)32-22(15-19-9-11-20(35)12-10-19)27(38)33-23(29(40)41)16-18-7-5-4-6-8-18/h4-12,17,21-23,25,35H,3,13-16,30H2,1-2H3,(H2,31,36)(H,32,39)(H,33,38)(H,34,37)(H,40,41). The van der Waals surface area contributed by atoms with E-state index >= 15 is 0 Å². The normalized spacial score (nSPS) is 14.5. The number of carbonyl (C=O) groups is 5. The Morgan fingerprint density at radius 1 is 0.805 bits per heavy atom. The van der Waals surface area contributed by atoms with Gasteiger partial charge < -0.3 is 37.6 Å². The number of carboxylic acid groups (broad SMARTS) is 1. The van der Waals surface area contributed by atoms with Crippen molar-refractivity contribution in [3.05, 3.63) is 65.7 Å². The van der Waals surface area contributed by atoms with Gasteiger partial charge in [0, 0.05) is 19.3 Å². The highest BCUT2D eigenvalue weighted by atomic mass is 16.4. The van der Waals surface area contributed by atoms with E-state index in [9.17, 15) is 34.2 Å². The van der Waals surface area contributed by atoms with Gasteiger partial charge in [-0.25, -0.2) is 4.79 Å². The average Bonchev–Trinajstić information content (AvgIpc) is 2.94. The average molecular weight is 570 g/mol. The number of phenolic OH excluding ortho intramolecular Hbond substituents is 1. The van der Waals surface area contributed by atoms with E-state index in [-0.39, 0.29) is 37.4 Å². The molecule has 2 rings (SSSR count). The highest BCUT2D eigenvalue weighted by molar-refractivity contribution is 5.94. The smallest absolute Gasteiger partial charge is 0.326 e. The summed E-state index contributed by atoms with van der Waals surface area (Å²) >= 11 is 0. The van der Waals surface area contributed by atoms with Crippen molar-refractivity contribution in [2.45, 2.75) is 70.1 Å². The lowest BCUT2D eigenvalue weighted by Crippen LogP contribution is -2.59. The van der Waals surface area contributed by atoms with E-state index in [0.29, 0.717) is 17.5 Å². The lowest BCUT2D eigenvalue weighted by atomic mass is 9.96. The fourth-order valence-corrected chi connectivity index (χ4v) is 4.05. The van der Waals surface area contributed by atoms with Crippen LogP contribution in [0.25, 0.3) is 0 Å². The molecule has 0 aliphatic rings. The lowest BCUT2D eigenvalue weighted by Gasteiger charge is -2.28. The first-order chi connectivity index (χ1) is 19.4. The summed E-state index contributed by atoms with van der Waals surface area (Å²) in [5.74, 6) is -4.25. The summed E-state index contributed by atoms with van der Waals surface area (Å²) in [6.07, 6.45) is 0.407. The SMILES string of the molecule is CCC(C)C(NC(=O)C(N)CCC(N)=O)C(=O)NC(Cc1ccc(O)cc1)C(=O)NC(Cc1ccccc1)C(=O)O. The zero-order valence-electron chi connectivity index (χ0n) is 23.2. The fraction of sp³-hybridized carbons (Fsp3) is 0.414. The third kappa shape index (κ3) is 10.9. The van der Waals surface area contributed by atoms with Crippen molar-refractivity contribution in [2.24, 2.45) is 17.4 Å². The van der Waals surface area contributed by atoms with Gasteiger partial charge >= 0.3 is 5.97 Å². The van der Waals surface area contributed by atoms with Crippen LogP contribution in [0.3, 0.4) is 0 Å². The summed E-state index contributed by atoms with van der Waals surface area (Å²) in [5.41, 5.74) is 12.3. The van der Waals surface area contributed by atoms with Crippen LogP contribution in [0.2, 0.25) is 0 Å². The van der Waals surface area contributed by atoms with Gasteiger partial charge in [-0.1, -0.05) is 62.7 Å². The number of carboxylic acids is 1. The zero-order chi connectivity index (χ0) is 30.5. The Hall–Kier alpha value is -4.45. The molecule has 0 aliphatic heterocycles. The minimum absolute atomic E-state index is 0.000113. The maximum absolute atomic E-state index is 13.5. The molecule has 222 valence electrons. The number of primary amides is 1. The van der Waals surface area contributed by atoms with Gasteiger partial charge in [0.25, 0.3) is 0 Å². The molecule has 0 saturated carbocycles. The molecule has 41 heavy (non-hydrogen) atoms. The Bertz CT molecular complexity index is 1190. The zero-order valence-corrected chi connectivity index (χ0v) is 23.2. The van der Waals surface area contributed by atoms with Gasteiger partial charge in [0.2, 0.25) is 23.6 Å². The minimum atomic E-state index is -1.27. The van der Waals surface area contributed by atoms with Crippen molar-refractivity contribution in [1.29, 1.82) is 0 Å². The minimum Gasteiger partial charge on any atom is -0.508 e. The quantitative estimate of drug-likeness (QED) is 0.149. The molecule has 0 fully saturated rings. The fourth-order valence-electron chi connectivity index (χ4n) is 4.05. The second-order valence-electron chi connectivity index (χ2n) is 10.0. The highest BCUT2D eigenvalue weighted by Crippen LogP contribution is 2.14. The summed E-state index contributed by atoms with van der Waals surface area (Å²) in [4.78, 5) is 62.6.